The lowest BCUT2D eigenvalue weighted by molar-refractivity contribution is 0.171. The zero-order valence-electron chi connectivity index (χ0n) is 10.7. The van der Waals surface area contributed by atoms with Crippen LogP contribution >= 0.6 is 59.4 Å². The number of fused-ring (bicyclic) bond motifs is 1. The molecule has 0 amide bonds. The van der Waals surface area contributed by atoms with Gasteiger partial charge < -0.3 is 9.47 Å². The van der Waals surface area contributed by atoms with Crippen molar-refractivity contribution in [3.05, 3.63) is 55.4 Å². The molecule has 1 heterocycles. The molecule has 0 bridgehead atoms. The molecule has 21 heavy (non-hydrogen) atoms. The van der Waals surface area contributed by atoms with Gasteiger partial charge in [-0.05, 0) is 41.5 Å². The molecule has 2 aromatic rings. The lowest BCUT2D eigenvalue weighted by Gasteiger charge is -2.21. The Morgan fingerprint density at radius 2 is 1.62 bits per heavy atom. The number of hydrogen-bond acceptors (Lipinski definition) is 2. The van der Waals surface area contributed by atoms with Gasteiger partial charge >= 0.3 is 0 Å². The minimum absolute atomic E-state index is 0.00213. The van der Waals surface area contributed by atoms with Crippen LogP contribution in [-0.2, 0) is 0 Å². The van der Waals surface area contributed by atoms with Gasteiger partial charge in [0.25, 0.3) is 0 Å². The fourth-order valence-electron chi connectivity index (χ4n) is 2.17. The zero-order valence-corrected chi connectivity index (χ0v) is 16.2. The van der Waals surface area contributed by atoms with Crippen LogP contribution < -0.4 is 9.47 Å². The molecule has 1 atom stereocenters. The second-order valence-electron chi connectivity index (χ2n) is 4.58. The van der Waals surface area contributed by atoms with Crippen LogP contribution in [0.25, 0.3) is 0 Å². The summed E-state index contributed by atoms with van der Waals surface area (Å²) in [6.45, 7) is 1.15. The molecule has 6 heteroatoms. The molecule has 3 rings (SSSR count). The van der Waals surface area contributed by atoms with E-state index in [1.165, 1.54) is 0 Å². The maximum absolute atomic E-state index is 6.13. The molecule has 0 N–H and O–H groups in total. The number of hydrogen-bond donors (Lipinski definition) is 0. The molecule has 1 unspecified atom stereocenters. The van der Waals surface area contributed by atoms with Crippen LogP contribution in [0.15, 0.2) is 39.3 Å². The van der Waals surface area contributed by atoms with Crippen LogP contribution in [0.5, 0.6) is 11.5 Å². The van der Waals surface area contributed by atoms with E-state index in [-0.39, 0.29) is 4.83 Å². The molecule has 2 nitrogen and oxygen atoms in total. The van der Waals surface area contributed by atoms with Gasteiger partial charge in [-0.25, -0.2) is 0 Å². The molecule has 0 saturated carbocycles. The van der Waals surface area contributed by atoms with E-state index in [0.29, 0.717) is 18.2 Å². The largest absolute Gasteiger partial charge is 0.486 e. The van der Waals surface area contributed by atoms with Gasteiger partial charge in [0.2, 0.25) is 0 Å². The average molecular weight is 497 g/mol. The third-order valence-corrected chi connectivity index (χ3v) is 5.50. The Kier molecular flexibility index (Phi) is 4.84. The Morgan fingerprint density at radius 1 is 0.952 bits per heavy atom. The summed E-state index contributed by atoms with van der Waals surface area (Å²) in [5.41, 5.74) is 2.13. The first-order valence-corrected chi connectivity index (χ1v) is 9.11. The predicted molar refractivity (Wildman–Crippen MR) is 95.1 cm³/mol. The molecule has 0 radical (unpaired) electrons. The fraction of sp³-hybridized carbons (Fsp3) is 0.200. The Morgan fingerprint density at radius 3 is 2.29 bits per heavy atom. The molecule has 0 aliphatic carbocycles. The number of halogens is 4. The van der Waals surface area contributed by atoms with E-state index in [4.69, 9.17) is 21.1 Å². The molecular formula is C15H10Br3ClO2. The van der Waals surface area contributed by atoms with E-state index < -0.39 is 0 Å². The van der Waals surface area contributed by atoms with Crippen molar-refractivity contribution in [1.29, 1.82) is 0 Å². The van der Waals surface area contributed by atoms with Gasteiger partial charge in [0, 0.05) is 14.0 Å². The second-order valence-corrected chi connectivity index (χ2v) is 7.70. The smallest absolute Gasteiger partial charge is 0.162 e. The first-order valence-electron chi connectivity index (χ1n) is 6.23. The first kappa shape index (κ1) is 15.7. The quantitative estimate of drug-likeness (QED) is 0.466. The molecule has 2 aromatic carbocycles. The molecule has 0 saturated heterocycles. The Labute approximate surface area is 153 Å². The van der Waals surface area contributed by atoms with Gasteiger partial charge in [-0.2, -0.15) is 0 Å². The van der Waals surface area contributed by atoms with E-state index in [2.05, 4.69) is 47.8 Å². The highest BCUT2D eigenvalue weighted by Crippen LogP contribution is 2.43. The molecule has 0 fully saturated rings. The fourth-order valence-corrected chi connectivity index (χ4v) is 4.56. The summed E-state index contributed by atoms with van der Waals surface area (Å²) in [5, 5.41) is 0.692. The van der Waals surface area contributed by atoms with E-state index in [1.807, 2.05) is 30.3 Å². The van der Waals surface area contributed by atoms with Crippen molar-refractivity contribution in [2.24, 2.45) is 0 Å². The maximum Gasteiger partial charge on any atom is 0.162 e. The number of rotatable bonds is 2. The van der Waals surface area contributed by atoms with Crippen molar-refractivity contribution in [2.75, 3.05) is 13.2 Å². The van der Waals surface area contributed by atoms with Crippen LogP contribution in [0.1, 0.15) is 16.0 Å². The van der Waals surface area contributed by atoms with Gasteiger partial charge in [-0.3, -0.25) is 0 Å². The molecule has 0 spiro atoms. The molecular weight excluding hydrogens is 487 g/mol. The highest BCUT2D eigenvalue weighted by Gasteiger charge is 2.20. The minimum Gasteiger partial charge on any atom is -0.486 e. The maximum atomic E-state index is 6.13. The third-order valence-electron chi connectivity index (χ3n) is 3.11. The summed E-state index contributed by atoms with van der Waals surface area (Å²) in [5.74, 6) is 1.54. The van der Waals surface area contributed by atoms with Gasteiger partial charge in [0.15, 0.2) is 11.5 Å². The highest BCUT2D eigenvalue weighted by atomic mass is 79.9. The summed E-state index contributed by atoms with van der Waals surface area (Å²) >= 11 is 16.9. The second kappa shape index (κ2) is 6.49. The SMILES string of the molecule is Clc1cc(Br)cc(C(Br)c2cc3c(cc2Br)OCCO3)c1. The van der Waals surface area contributed by atoms with Crippen molar-refractivity contribution < 1.29 is 9.47 Å². The van der Waals surface area contributed by atoms with Gasteiger partial charge in [-0.1, -0.05) is 59.4 Å². The molecule has 110 valence electrons. The summed E-state index contributed by atoms with van der Waals surface area (Å²) in [7, 11) is 0. The van der Waals surface area contributed by atoms with Crippen LogP contribution in [0.2, 0.25) is 5.02 Å². The normalized spacial score (nSPS) is 14.9. The molecule has 0 aromatic heterocycles. The summed E-state index contributed by atoms with van der Waals surface area (Å²) in [4.78, 5) is -0.00213. The van der Waals surface area contributed by atoms with Crippen molar-refractivity contribution in [2.45, 2.75) is 4.83 Å². The molecule has 1 aliphatic heterocycles. The summed E-state index contributed by atoms with van der Waals surface area (Å²) in [6, 6.07) is 9.78. The van der Waals surface area contributed by atoms with Crippen molar-refractivity contribution in [1.82, 2.24) is 0 Å². The summed E-state index contributed by atoms with van der Waals surface area (Å²) in [6.07, 6.45) is 0. The Balaban J connectivity index is 2.02. The Bertz CT molecular complexity index is 671. The van der Waals surface area contributed by atoms with Crippen molar-refractivity contribution in [3.63, 3.8) is 0 Å². The van der Waals surface area contributed by atoms with Crippen LogP contribution in [0.4, 0.5) is 0 Å². The monoisotopic (exact) mass is 494 g/mol. The number of benzene rings is 2. The van der Waals surface area contributed by atoms with Crippen molar-refractivity contribution >= 4 is 59.4 Å². The topological polar surface area (TPSA) is 18.5 Å². The average Bonchev–Trinajstić information content (AvgIpc) is 2.44. The van der Waals surface area contributed by atoms with E-state index in [0.717, 1.165) is 31.6 Å². The highest BCUT2D eigenvalue weighted by molar-refractivity contribution is 9.11. The van der Waals surface area contributed by atoms with Gasteiger partial charge in [0.05, 0.1) is 4.83 Å². The van der Waals surface area contributed by atoms with E-state index in [9.17, 15) is 0 Å². The number of ether oxygens (including phenoxy) is 2. The number of alkyl halides is 1. The first-order chi connectivity index (χ1) is 10.0. The Hall–Kier alpha value is -0.230. The van der Waals surface area contributed by atoms with Crippen molar-refractivity contribution in [3.8, 4) is 11.5 Å². The van der Waals surface area contributed by atoms with Crippen LogP contribution in [0.3, 0.4) is 0 Å². The van der Waals surface area contributed by atoms with E-state index in [1.54, 1.807) is 0 Å². The third kappa shape index (κ3) is 3.41. The standard InChI is InChI=1S/C15H10Br3ClO2/c16-9-3-8(4-10(19)5-9)15(18)11-6-13-14(7-12(11)17)21-2-1-20-13/h3-7,15H,1-2H2. The van der Waals surface area contributed by atoms with E-state index >= 15 is 0 Å². The minimum atomic E-state index is -0.00213. The van der Waals surface area contributed by atoms with Gasteiger partial charge in [-0.15, -0.1) is 0 Å². The van der Waals surface area contributed by atoms with Crippen LogP contribution in [-0.4, -0.2) is 13.2 Å². The predicted octanol–water partition coefficient (Wildman–Crippen LogP) is 6.12. The van der Waals surface area contributed by atoms with Crippen LogP contribution in [0, 0.1) is 0 Å². The lowest BCUT2D eigenvalue weighted by atomic mass is 10.0. The van der Waals surface area contributed by atoms with Gasteiger partial charge in [0.1, 0.15) is 13.2 Å². The zero-order chi connectivity index (χ0) is 15.0. The summed E-state index contributed by atoms with van der Waals surface area (Å²) < 4.78 is 13.1. The lowest BCUT2D eigenvalue weighted by Crippen LogP contribution is -2.15. The molecule has 1 aliphatic rings.